The Hall–Kier alpha value is -0.740. The van der Waals surface area contributed by atoms with E-state index < -0.39 is 9.84 Å². The molecule has 0 heterocycles. The van der Waals surface area contributed by atoms with Crippen LogP contribution in [0.2, 0.25) is 5.02 Å². The average molecular weight is 206 g/mol. The second kappa shape index (κ2) is 2.95. The first-order valence-corrected chi connectivity index (χ1v) is 5.43. The number of rotatable bonds is 1. The molecule has 0 spiro atoms. The van der Waals surface area contributed by atoms with Gasteiger partial charge in [0.25, 0.3) is 0 Å². The van der Waals surface area contributed by atoms with Crippen molar-refractivity contribution in [1.82, 2.24) is 0 Å². The minimum atomic E-state index is -3.27. The molecule has 12 heavy (non-hydrogen) atoms. The number of nitrogen functional groups attached to an aromatic ring is 1. The van der Waals surface area contributed by atoms with E-state index in [1.807, 2.05) is 0 Å². The van der Waals surface area contributed by atoms with Gasteiger partial charge in [-0.25, -0.2) is 8.42 Å². The maximum Gasteiger partial charge on any atom is 0.177 e. The monoisotopic (exact) mass is 205 g/mol. The molecule has 1 rings (SSSR count). The van der Waals surface area contributed by atoms with Gasteiger partial charge < -0.3 is 5.73 Å². The van der Waals surface area contributed by atoms with Gasteiger partial charge in [-0.2, -0.15) is 0 Å². The summed E-state index contributed by atoms with van der Waals surface area (Å²) in [7, 11) is -3.27. The SMILES string of the molecule is CS(=O)(=O)c1cc(N)ccc1Cl. The van der Waals surface area contributed by atoms with E-state index in [0.717, 1.165) is 6.26 Å². The Morgan fingerprint density at radius 2 is 2.00 bits per heavy atom. The molecule has 0 unspecified atom stereocenters. The van der Waals surface area contributed by atoms with Crippen molar-refractivity contribution < 1.29 is 8.42 Å². The summed E-state index contributed by atoms with van der Waals surface area (Å²) < 4.78 is 22.1. The first-order valence-electron chi connectivity index (χ1n) is 3.16. The summed E-state index contributed by atoms with van der Waals surface area (Å²) in [5, 5.41) is 0.201. The molecule has 0 aliphatic carbocycles. The Bertz CT molecular complexity index is 400. The zero-order valence-electron chi connectivity index (χ0n) is 6.41. The summed E-state index contributed by atoms with van der Waals surface area (Å²) in [4.78, 5) is 0.0733. The number of benzene rings is 1. The van der Waals surface area contributed by atoms with Gasteiger partial charge in [0.2, 0.25) is 0 Å². The summed E-state index contributed by atoms with van der Waals surface area (Å²) in [6, 6.07) is 4.36. The second-order valence-electron chi connectivity index (χ2n) is 2.46. The van der Waals surface area contributed by atoms with Crippen molar-refractivity contribution in [2.75, 3.05) is 12.0 Å². The van der Waals surface area contributed by atoms with Crippen molar-refractivity contribution in [2.24, 2.45) is 0 Å². The third-order valence-corrected chi connectivity index (χ3v) is 2.93. The van der Waals surface area contributed by atoms with Crippen LogP contribution >= 0.6 is 11.6 Å². The molecule has 0 bridgehead atoms. The highest BCUT2D eigenvalue weighted by atomic mass is 35.5. The molecule has 0 saturated heterocycles. The second-order valence-corrected chi connectivity index (χ2v) is 4.85. The summed E-state index contributed by atoms with van der Waals surface area (Å²) in [5.74, 6) is 0. The van der Waals surface area contributed by atoms with E-state index in [0.29, 0.717) is 5.69 Å². The quantitative estimate of drug-likeness (QED) is 0.704. The number of halogens is 1. The molecule has 2 N–H and O–H groups in total. The lowest BCUT2D eigenvalue weighted by Gasteiger charge is -2.01. The highest BCUT2D eigenvalue weighted by Gasteiger charge is 2.11. The predicted octanol–water partition coefficient (Wildman–Crippen LogP) is 1.33. The predicted molar refractivity (Wildman–Crippen MR) is 49.0 cm³/mol. The van der Waals surface area contributed by atoms with Crippen LogP contribution < -0.4 is 5.73 Å². The third-order valence-electron chi connectivity index (χ3n) is 1.35. The molecule has 0 atom stereocenters. The van der Waals surface area contributed by atoms with Crippen LogP contribution in [0.5, 0.6) is 0 Å². The fraction of sp³-hybridized carbons (Fsp3) is 0.143. The molecule has 0 aromatic heterocycles. The van der Waals surface area contributed by atoms with E-state index in [4.69, 9.17) is 17.3 Å². The molecule has 66 valence electrons. The number of hydrogen-bond donors (Lipinski definition) is 1. The minimum absolute atomic E-state index is 0.0733. The van der Waals surface area contributed by atoms with Crippen molar-refractivity contribution in [2.45, 2.75) is 4.90 Å². The van der Waals surface area contributed by atoms with Crippen LogP contribution in [-0.4, -0.2) is 14.7 Å². The van der Waals surface area contributed by atoms with Gasteiger partial charge in [-0.15, -0.1) is 0 Å². The van der Waals surface area contributed by atoms with Crippen molar-refractivity contribution in [3.05, 3.63) is 23.2 Å². The van der Waals surface area contributed by atoms with Gasteiger partial charge in [0.1, 0.15) is 0 Å². The molecule has 0 aliphatic heterocycles. The van der Waals surface area contributed by atoms with Crippen LogP contribution in [0, 0.1) is 0 Å². The Kier molecular flexibility index (Phi) is 2.30. The van der Waals surface area contributed by atoms with Gasteiger partial charge in [0.05, 0.1) is 9.92 Å². The van der Waals surface area contributed by atoms with Crippen molar-refractivity contribution >= 4 is 27.1 Å². The number of anilines is 1. The van der Waals surface area contributed by atoms with E-state index in [1.165, 1.54) is 12.1 Å². The molecule has 0 fully saturated rings. The highest BCUT2D eigenvalue weighted by Crippen LogP contribution is 2.23. The largest absolute Gasteiger partial charge is 0.399 e. The van der Waals surface area contributed by atoms with Crippen LogP contribution in [0.4, 0.5) is 5.69 Å². The van der Waals surface area contributed by atoms with Crippen molar-refractivity contribution in [3.8, 4) is 0 Å². The van der Waals surface area contributed by atoms with Crippen molar-refractivity contribution in [1.29, 1.82) is 0 Å². The lowest BCUT2D eigenvalue weighted by molar-refractivity contribution is 0.602. The highest BCUT2D eigenvalue weighted by molar-refractivity contribution is 7.90. The van der Waals surface area contributed by atoms with Gasteiger partial charge in [0.15, 0.2) is 9.84 Å². The van der Waals surface area contributed by atoms with Gasteiger partial charge in [-0.05, 0) is 18.2 Å². The van der Waals surface area contributed by atoms with Crippen LogP contribution in [0.15, 0.2) is 23.1 Å². The summed E-state index contributed by atoms with van der Waals surface area (Å²) in [5.41, 5.74) is 5.79. The Morgan fingerprint density at radius 1 is 1.42 bits per heavy atom. The Morgan fingerprint density at radius 3 is 2.42 bits per heavy atom. The average Bonchev–Trinajstić information content (AvgIpc) is 1.92. The molecule has 1 aromatic carbocycles. The molecule has 3 nitrogen and oxygen atoms in total. The number of hydrogen-bond acceptors (Lipinski definition) is 3. The normalized spacial score (nSPS) is 11.5. The zero-order chi connectivity index (χ0) is 9.35. The van der Waals surface area contributed by atoms with Crippen LogP contribution in [0.3, 0.4) is 0 Å². The zero-order valence-corrected chi connectivity index (χ0v) is 7.98. The summed E-state index contributed by atoms with van der Waals surface area (Å²) in [6.45, 7) is 0. The Labute approximate surface area is 76.1 Å². The van der Waals surface area contributed by atoms with Gasteiger partial charge in [-0.1, -0.05) is 11.6 Å². The number of nitrogens with two attached hydrogens (primary N) is 1. The van der Waals surface area contributed by atoms with Gasteiger partial charge in [0, 0.05) is 11.9 Å². The van der Waals surface area contributed by atoms with E-state index >= 15 is 0 Å². The van der Waals surface area contributed by atoms with E-state index in [2.05, 4.69) is 0 Å². The van der Waals surface area contributed by atoms with Crippen molar-refractivity contribution in [3.63, 3.8) is 0 Å². The van der Waals surface area contributed by atoms with E-state index in [9.17, 15) is 8.42 Å². The first-order chi connectivity index (χ1) is 5.41. The maximum atomic E-state index is 11.1. The molecule has 1 aromatic rings. The van der Waals surface area contributed by atoms with Crippen LogP contribution in [-0.2, 0) is 9.84 Å². The van der Waals surface area contributed by atoms with Gasteiger partial charge in [-0.3, -0.25) is 0 Å². The first kappa shape index (κ1) is 9.35. The lowest BCUT2D eigenvalue weighted by atomic mass is 10.3. The van der Waals surface area contributed by atoms with Crippen LogP contribution in [0.25, 0.3) is 0 Å². The summed E-state index contributed by atoms with van der Waals surface area (Å²) >= 11 is 5.65. The lowest BCUT2D eigenvalue weighted by Crippen LogP contribution is -1.99. The molecular weight excluding hydrogens is 198 g/mol. The smallest absolute Gasteiger partial charge is 0.177 e. The standard InChI is InChI=1S/C7H8ClNO2S/c1-12(10,11)7-4-5(9)2-3-6(7)8/h2-4H,9H2,1H3. The minimum Gasteiger partial charge on any atom is -0.399 e. The fourth-order valence-corrected chi connectivity index (χ4v) is 2.11. The van der Waals surface area contributed by atoms with Crippen LogP contribution in [0.1, 0.15) is 0 Å². The molecule has 0 radical (unpaired) electrons. The molecular formula is C7H8ClNO2S. The molecule has 0 aliphatic rings. The Balaban J connectivity index is 3.43. The van der Waals surface area contributed by atoms with E-state index in [-0.39, 0.29) is 9.92 Å². The third kappa shape index (κ3) is 1.89. The maximum absolute atomic E-state index is 11.1. The molecule has 0 saturated carbocycles. The number of sulfone groups is 1. The topological polar surface area (TPSA) is 60.2 Å². The molecule has 0 amide bonds. The summed E-state index contributed by atoms with van der Waals surface area (Å²) in [6.07, 6.45) is 1.09. The van der Waals surface area contributed by atoms with E-state index in [1.54, 1.807) is 6.07 Å². The fourth-order valence-electron chi connectivity index (χ4n) is 0.804. The van der Waals surface area contributed by atoms with Gasteiger partial charge >= 0.3 is 0 Å². The molecule has 5 heteroatoms.